The topological polar surface area (TPSA) is 98.7 Å². The van der Waals surface area contributed by atoms with E-state index >= 15 is 0 Å². The molecule has 3 rings (SSSR count). The molecule has 7 nitrogen and oxygen atoms in total. The number of nitrogens with one attached hydrogen (secondary N) is 1. The molecule has 1 unspecified atom stereocenters. The van der Waals surface area contributed by atoms with E-state index in [0.29, 0.717) is 23.8 Å². The van der Waals surface area contributed by atoms with E-state index in [1.807, 2.05) is 6.92 Å². The highest BCUT2D eigenvalue weighted by Crippen LogP contribution is 2.39. The lowest BCUT2D eigenvalue weighted by atomic mass is 9.95. The average Bonchev–Trinajstić information content (AvgIpc) is 3.23. The second kappa shape index (κ2) is 7.72. The summed E-state index contributed by atoms with van der Waals surface area (Å²) in [6.45, 7) is 2.44. The van der Waals surface area contributed by atoms with Gasteiger partial charge in [-0.3, -0.25) is 4.79 Å². The third-order valence-corrected chi connectivity index (χ3v) is 3.97. The number of rotatable bonds is 5. The Morgan fingerprint density at radius 3 is 2.65 bits per heavy atom. The molecule has 1 aliphatic rings. The summed E-state index contributed by atoms with van der Waals surface area (Å²) in [7, 11) is 0. The summed E-state index contributed by atoms with van der Waals surface area (Å²) >= 11 is 0. The van der Waals surface area contributed by atoms with Gasteiger partial charge < -0.3 is 11.1 Å². The number of halogens is 2. The molecule has 0 radical (unpaired) electrons. The lowest BCUT2D eigenvalue weighted by Crippen LogP contribution is -2.53. The van der Waals surface area contributed by atoms with Crippen LogP contribution in [0.3, 0.4) is 0 Å². The fraction of sp³-hybridized carbons (Fsp3) is 0.429. The number of nitrogens with zero attached hydrogens (tertiary/aromatic N) is 4. The Morgan fingerprint density at radius 2 is 2.17 bits per heavy atom. The van der Waals surface area contributed by atoms with E-state index in [-0.39, 0.29) is 36.3 Å². The van der Waals surface area contributed by atoms with E-state index in [4.69, 9.17) is 5.73 Å². The molecule has 3 N–H and O–H groups in total. The second-order valence-corrected chi connectivity index (χ2v) is 5.60. The van der Waals surface area contributed by atoms with Crippen LogP contribution in [0, 0.1) is 5.92 Å². The first kappa shape index (κ1) is 19.3. The summed E-state index contributed by atoms with van der Waals surface area (Å²) in [5.41, 5.74) is 6.00. The van der Waals surface area contributed by atoms with Crippen molar-refractivity contribution in [3.8, 4) is 5.82 Å². The predicted molar refractivity (Wildman–Crippen MR) is 91.3 cm³/mol. The van der Waals surface area contributed by atoms with Crippen molar-refractivity contribution in [3.05, 3.63) is 36.5 Å². The maximum absolute atomic E-state index is 12.3. The number of pyridine rings is 1. The van der Waals surface area contributed by atoms with Crippen molar-refractivity contribution in [1.82, 2.24) is 25.1 Å². The van der Waals surface area contributed by atoms with Crippen LogP contribution in [0.5, 0.6) is 0 Å². The lowest BCUT2D eigenvalue weighted by Gasteiger charge is -2.29. The van der Waals surface area contributed by atoms with E-state index in [1.54, 1.807) is 18.5 Å². The summed E-state index contributed by atoms with van der Waals surface area (Å²) in [6.07, 6.45) is 6.77. The van der Waals surface area contributed by atoms with E-state index in [0.717, 1.165) is 12.8 Å². The normalized spacial score (nSPS) is 15.7. The smallest absolute Gasteiger partial charge is 0.253 e. The van der Waals surface area contributed by atoms with Crippen molar-refractivity contribution < 1.29 is 4.79 Å². The van der Waals surface area contributed by atoms with Gasteiger partial charge in [-0.05, 0) is 37.8 Å². The first-order valence-corrected chi connectivity index (χ1v) is 6.96. The Morgan fingerprint density at radius 1 is 1.43 bits per heavy atom. The van der Waals surface area contributed by atoms with E-state index in [1.165, 1.54) is 17.2 Å². The summed E-state index contributed by atoms with van der Waals surface area (Å²) in [4.78, 5) is 20.4. The number of aromatic nitrogens is 4. The number of hydrogen-bond donors (Lipinski definition) is 2. The Labute approximate surface area is 146 Å². The third kappa shape index (κ3) is 4.19. The molecule has 2 aromatic rings. The van der Waals surface area contributed by atoms with Crippen LogP contribution in [0.4, 0.5) is 0 Å². The fourth-order valence-electron chi connectivity index (χ4n) is 2.35. The Bertz CT molecular complexity index is 629. The molecule has 2 heterocycles. The van der Waals surface area contributed by atoms with E-state index in [2.05, 4.69) is 20.4 Å². The van der Waals surface area contributed by atoms with Gasteiger partial charge in [0.15, 0.2) is 5.82 Å². The first-order valence-electron chi connectivity index (χ1n) is 6.96. The largest absolute Gasteiger partial charge is 0.345 e. The van der Waals surface area contributed by atoms with Crippen LogP contribution in [0.1, 0.15) is 30.1 Å². The van der Waals surface area contributed by atoms with Crippen molar-refractivity contribution in [1.29, 1.82) is 0 Å². The zero-order chi connectivity index (χ0) is 14.9. The molecule has 0 bridgehead atoms. The summed E-state index contributed by atoms with van der Waals surface area (Å²) in [6, 6.07) is 3.46. The summed E-state index contributed by atoms with van der Waals surface area (Å²) < 4.78 is 1.54. The molecule has 23 heavy (non-hydrogen) atoms. The number of amides is 1. The van der Waals surface area contributed by atoms with Crippen LogP contribution >= 0.6 is 24.8 Å². The summed E-state index contributed by atoms with van der Waals surface area (Å²) in [5, 5.41) is 7.03. The molecule has 0 aromatic carbocycles. The fourth-order valence-corrected chi connectivity index (χ4v) is 2.35. The Balaban J connectivity index is 0.00000132. The van der Waals surface area contributed by atoms with Gasteiger partial charge in [-0.2, -0.15) is 5.10 Å². The van der Waals surface area contributed by atoms with Gasteiger partial charge in [0.2, 0.25) is 0 Å². The number of nitrogens with two attached hydrogens (primary N) is 1. The maximum atomic E-state index is 12.3. The van der Waals surface area contributed by atoms with Crippen molar-refractivity contribution in [2.45, 2.75) is 25.3 Å². The van der Waals surface area contributed by atoms with Crippen LogP contribution < -0.4 is 11.1 Å². The van der Waals surface area contributed by atoms with E-state index in [9.17, 15) is 4.79 Å². The highest BCUT2D eigenvalue weighted by atomic mass is 35.5. The third-order valence-electron chi connectivity index (χ3n) is 3.97. The quantitative estimate of drug-likeness (QED) is 0.840. The van der Waals surface area contributed by atoms with Gasteiger partial charge in [-0.25, -0.2) is 14.6 Å². The highest BCUT2D eigenvalue weighted by molar-refractivity contribution is 5.94. The molecule has 1 saturated carbocycles. The second-order valence-electron chi connectivity index (χ2n) is 5.60. The van der Waals surface area contributed by atoms with Crippen molar-refractivity contribution in [2.24, 2.45) is 11.7 Å². The molecular formula is C14H20Cl2N6O. The molecular weight excluding hydrogens is 339 g/mol. The Kier molecular flexibility index (Phi) is 6.49. The van der Waals surface area contributed by atoms with Gasteiger partial charge in [-0.1, -0.05) is 0 Å². The van der Waals surface area contributed by atoms with Crippen LogP contribution in [0.25, 0.3) is 5.82 Å². The van der Waals surface area contributed by atoms with Crippen LogP contribution in [0.2, 0.25) is 0 Å². The van der Waals surface area contributed by atoms with Gasteiger partial charge in [0.1, 0.15) is 12.7 Å². The van der Waals surface area contributed by atoms with Crippen LogP contribution in [-0.4, -0.2) is 37.7 Å². The van der Waals surface area contributed by atoms with Crippen molar-refractivity contribution >= 4 is 30.7 Å². The van der Waals surface area contributed by atoms with Crippen LogP contribution in [0.15, 0.2) is 31.0 Å². The molecule has 126 valence electrons. The molecule has 1 fully saturated rings. The average molecular weight is 359 g/mol. The number of hydrogen-bond acceptors (Lipinski definition) is 5. The number of carbonyl (C=O) groups excluding carboxylic acids is 1. The van der Waals surface area contributed by atoms with Gasteiger partial charge in [0, 0.05) is 12.7 Å². The molecule has 0 aliphatic heterocycles. The molecule has 9 heteroatoms. The Hall–Kier alpha value is -1.70. The highest BCUT2D eigenvalue weighted by Gasteiger charge is 2.41. The van der Waals surface area contributed by atoms with Gasteiger partial charge >= 0.3 is 0 Å². The molecule has 1 amide bonds. The van der Waals surface area contributed by atoms with Gasteiger partial charge in [-0.15, -0.1) is 24.8 Å². The predicted octanol–water partition coefficient (Wildman–Crippen LogP) is 1.36. The molecule has 2 aromatic heterocycles. The number of carbonyl (C=O) groups is 1. The zero-order valence-electron chi connectivity index (χ0n) is 12.7. The molecule has 1 atom stereocenters. The first-order chi connectivity index (χ1) is 10.1. The maximum Gasteiger partial charge on any atom is 0.253 e. The monoisotopic (exact) mass is 358 g/mol. The van der Waals surface area contributed by atoms with Crippen LogP contribution in [-0.2, 0) is 0 Å². The van der Waals surface area contributed by atoms with Crippen molar-refractivity contribution in [2.75, 3.05) is 6.54 Å². The minimum Gasteiger partial charge on any atom is -0.345 e. The lowest BCUT2D eigenvalue weighted by molar-refractivity contribution is 0.0897. The minimum atomic E-state index is -0.332. The van der Waals surface area contributed by atoms with E-state index < -0.39 is 0 Å². The molecule has 0 saturated heterocycles. The SMILES string of the molecule is CC(CN)(NC(=O)c1ccc(-n2cncn2)nc1)C1CC1.Cl.Cl. The van der Waals surface area contributed by atoms with Gasteiger partial charge in [0.25, 0.3) is 5.91 Å². The minimum absolute atomic E-state index is 0. The molecule has 0 spiro atoms. The standard InChI is InChI=1S/C14H18N6O.2ClH/c1-14(7-15,11-3-4-11)19-13(21)10-2-5-12(17-6-10)20-9-16-8-18-20;;/h2,5-6,8-9,11H,3-4,7,15H2,1H3,(H,19,21);2*1H. The zero-order valence-corrected chi connectivity index (χ0v) is 14.3. The van der Waals surface area contributed by atoms with Crippen molar-refractivity contribution in [3.63, 3.8) is 0 Å². The van der Waals surface area contributed by atoms with Gasteiger partial charge in [0.05, 0.1) is 11.1 Å². The molecule has 1 aliphatic carbocycles. The summed E-state index contributed by atoms with van der Waals surface area (Å²) in [5.74, 6) is 0.953.